The molecule has 0 saturated carbocycles. The fourth-order valence-corrected chi connectivity index (χ4v) is 3.19. The summed E-state index contributed by atoms with van der Waals surface area (Å²) in [5.41, 5.74) is 0.603. The molecule has 0 atom stereocenters. The predicted octanol–water partition coefficient (Wildman–Crippen LogP) is 2.06. The fraction of sp³-hybridized carbons (Fsp3) is 0.591. The Hall–Kier alpha value is -2.41. The van der Waals surface area contributed by atoms with E-state index in [0.717, 1.165) is 25.1 Å². The first-order chi connectivity index (χ1) is 13.9. The predicted molar refractivity (Wildman–Crippen MR) is 112 cm³/mol. The molecule has 0 aromatic heterocycles. The number of hydrogen-bond acceptors (Lipinski definition) is 5. The largest absolute Gasteiger partial charge is 0.494 e. The highest BCUT2D eigenvalue weighted by Gasteiger charge is 2.21. The number of rotatable bonds is 9. The molecule has 1 aromatic rings. The van der Waals surface area contributed by atoms with Crippen LogP contribution in [0.2, 0.25) is 0 Å². The van der Waals surface area contributed by atoms with Gasteiger partial charge in [0, 0.05) is 58.7 Å². The summed E-state index contributed by atoms with van der Waals surface area (Å²) in [6, 6.07) is 7.10. The molecule has 29 heavy (non-hydrogen) atoms. The summed E-state index contributed by atoms with van der Waals surface area (Å²) in [6.07, 6.45) is 2.18. The maximum Gasteiger partial charge on any atom is 0.236 e. The molecule has 2 rings (SSSR count). The van der Waals surface area contributed by atoms with Crippen molar-refractivity contribution in [1.82, 2.24) is 14.7 Å². The molecule has 0 unspecified atom stereocenters. The smallest absolute Gasteiger partial charge is 0.236 e. The van der Waals surface area contributed by atoms with Crippen LogP contribution in [0.25, 0.3) is 0 Å². The average Bonchev–Trinajstić information content (AvgIpc) is 2.96. The number of amides is 2. The molecule has 7 heteroatoms. The lowest BCUT2D eigenvalue weighted by atomic mass is 10.1. The topological polar surface area (TPSA) is 70.2 Å². The maximum absolute atomic E-state index is 12.6. The molecule has 0 N–H and O–H groups in total. The number of nitrogens with zero attached hydrogens (tertiary/aromatic N) is 3. The van der Waals surface area contributed by atoms with Crippen LogP contribution in [-0.2, 0) is 9.59 Å². The van der Waals surface area contributed by atoms with Gasteiger partial charge < -0.3 is 14.5 Å². The highest BCUT2D eigenvalue weighted by Crippen LogP contribution is 2.15. The second-order valence-corrected chi connectivity index (χ2v) is 7.59. The van der Waals surface area contributed by atoms with Crippen LogP contribution >= 0.6 is 0 Å². The summed E-state index contributed by atoms with van der Waals surface area (Å²) in [7, 11) is 3.50. The van der Waals surface area contributed by atoms with Crippen molar-refractivity contribution in [3.63, 3.8) is 0 Å². The van der Waals surface area contributed by atoms with E-state index in [1.54, 1.807) is 43.3 Å². The first-order valence-electron chi connectivity index (χ1n) is 10.4. The molecule has 0 spiro atoms. The summed E-state index contributed by atoms with van der Waals surface area (Å²) in [6.45, 7) is 5.82. The number of carbonyl (C=O) groups is 3. The summed E-state index contributed by atoms with van der Waals surface area (Å²) >= 11 is 0. The van der Waals surface area contributed by atoms with Crippen molar-refractivity contribution < 1.29 is 19.1 Å². The van der Waals surface area contributed by atoms with Crippen LogP contribution in [0, 0.1) is 0 Å². The van der Waals surface area contributed by atoms with Gasteiger partial charge in [0.1, 0.15) is 5.75 Å². The van der Waals surface area contributed by atoms with Gasteiger partial charge in [0.2, 0.25) is 11.8 Å². The quantitative estimate of drug-likeness (QED) is 0.591. The Morgan fingerprint density at radius 1 is 1.00 bits per heavy atom. The Bertz CT molecular complexity index is 688. The third-order valence-corrected chi connectivity index (χ3v) is 5.01. The summed E-state index contributed by atoms with van der Waals surface area (Å²) in [4.78, 5) is 42.3. The molecule has 1 aliphatic rings. The van der Waals surface area contributed by atoms with Gasteiger partial charge in [-0.1, -0.05) is 6.92 Å². The van der Waals surface area contributed by atoms with Gasteiger partial charge in [0.05, 0.1) is 13.2 Å². The molecule has 1 aromatic carbocycles. The van der Waals surface area contributed by atoms with Crippen LogP contribution in [0.4, 0.5) is 0 Å². The molecule has 7 nitrogen and oxygen atoms in total. The van der Waals surface area contributed by atoms with Gasteiger partial charge >= 0.3 is 0 Å². The number of carbonyl (C=O) groups excluding carboxylic acids is 3. The van der Waals surface area contributed by atoms with E-state index in [0.29, 0.717) is 38.3 Å². The Kier molecular flexibility index (Phi) is 9.12. The van der Waals surface area contributed by atoms with Gasteiger partial charge in [-0.3, -0.25) is 19.3 Å². The van der Waals surface area contributed by atoms with Gasteiger partial charge in [-0.2, -0.15) is 0 Å². The zero-order valence-electron chi connectivity index (χ0n) is 17.9. The fourth-order valence-electron chi connectivity index (χ4n) is 3.19. The molecular formula is C22H33N3O4. The number of benzene rings is 1. The van der Waals surface area contributed by atoms with Crippen LogP contribution in [-0.4, -0.2) is 85.7 Å². The first kappa shape index (κ1) is 22.9. The number of hydrogen-bond donors (Lipinski definition) is 0. The monoisotopic (exact) mass is 403 g/mol. The van der Waals surface area contributed by atoms with Crippen LogP contribution in [0.3, 0.4) is 0 Å². The summed E-state index contributed by atoms with van der Waals surface area (Å²) in [5, 5.41) is 0. The van der Waals surface area contributed by atoms with Crippen molar-refractivity contribution >= 4 is 17.6 Å². The van der Waals surface area contributed by atoms with E-state index < -0.39 is 0 Å². The number of ether oxygens (including phenoxy) is 1. The second kappa shape index (κ2) is 11.6. The zero-order chi connectivity index (χ0) is 21.2. The second-order valence-electron chi connectivity index (χ2n) is 7.59. The Morgan fingerprint density at radius 2 is 1.72 bits per heavy atom. The third kappa shape index (κ3) is 7.49. The van der Waals surface area contributed by atoms with Gasteiger partial charge in [-0.05, 0) is 37.1 Å². The van der Waals surface area contributed by atoms with Crippen molar-refractivity contribution in [1.29, 1.82) is 0 Å². The SMILES string of the molecule is CCCOc1ccc(C(=O)CCC(=O)N2CCCN(CC(=O)N(C)C)CC2)cc1. The van der Waals surface area contributed by atoms with Crippen molar-refractivity contribution in [2.75, 3.05) is 53.4 Å². The van der Waals surface area contributed by atoms with Crippen LogP contribution in [0.5, 0.6) is 5.75 Å². The minimum atomic E-state index is -0.0339. The number of Topliss-reactive ketones (excluding diaryl/α,β-unsaturated/α-hetero) is 1. The van der Waals surface area contributed by atoms with Crippen molar-refractivity contribution in [3.05, 3.63) is 29.8 Å². The van der Waals surface area contributed by atoms with Crippen molar-refractivity contribution in [3.8, 4) is 5.75 Å². The van der Waals surface area contributed by atoms with Crippen LogP contribution in [0.15, 0.2) is 24.3 Å². The highest BCUT2D eigenvalue weighted by molar-refractivity contribution is 5.98. The van der Waals surface area contributed by atoms with Gasteiger partial charge in [-0.25, -0.2) is 0 Å². The molecule has 1 saturated heterocycles. The van der Waals surface area contributed by atoms with Crippen molar-refractivity contribution in [2.24, 2.45) is 0 Å². The van der Waals surface area contributed by atoms with Crippen LogP contribution in [0.1, 0.15) is 43.0 Å². The Labute approximate surface area is 173 Å². The lowest BCUT2D eigenvalue weighted by Gasteiger charge is -2.22. The van der Waals surface area contributed by atoms with E-state index >= 15 is 0 Å². The van der Waals surface area contributed by atoms with Gasteiger partial charge in [0.15, 0.2) is 5.78 Å². The van der Waals surface area contributed by atoms with E-state index in [-0.39, 0.29) is 30.4 Å². The zero-order valence-corrected chi connectivity index (χ0v) is 17.9. The van der Waals surface area contributed by atoms with E-state index in [1.807, 2.05) is 11.8 Å². The van der Waals surface area contributed by atoms with E-state index in [9.17, 15) is 14.4 Å². The lowest BCUT2D eigenvalue weighted by molar-refractivity contribution is -0.131. The molecule has 1 heterocycles. The molecular weight excluding hydrogens is 370 g/mol. The molecule has 1 fully saturated rings. The normalized spacial score (nSPS) is 14.9. The molecule has 0 radical (unpaired) electrons. The number of ketones is 1. The Morgan fingerprint density at radius 3 is 2.38 bits per heavy atom. The van der Waals surface area contributed by atoms with Gasteiger partial charge in [-0.15, -0.1) is 0 Å². The molecule has 0 bridgehead atoms. The van der Waals surface area contributed by atoms with E-state index in [1.165, 1.54) is 0 Å². The first-order valence-corrected chi connectivity index (χ1v) is 10.4. The molecule has 1 aliphatic heterocycles. The van der Waals surface area contributed by atoms with E-state index in [2.05, 4.69) is 4.90 Å². The standard InChI is InChI=1S/C22H33N3O4/c1-4-16-29-19-8-6-18(7-9-19)20(26)10-11-21(27)25-13-5-12-24(14-15-25)17-22(28)23(2)3/h6-9H,4-5,10-17H2,1-3H3. The molecule has 2 amide bonds. The maximum atomic E-state index is 12.6. The third-order valence-electron chi connectivity index (χ3n) is 5.01. The van der Waals surface area contributed by atoms with Gasteiger partial charge in [0.25, 0.3) is 0 Å². The number of likely N-dealkylation sites (N-methyl/N-ethyl adjacent to an activating group) is 1. The lowest BCUT2D eigenvalue weighted by Crippen LogP contribution is -2.39. The van der Waals surface area contributed by atoms with Crippen LogP contribution < -0.4 is 4.74 Å². The highest BCUT2D eigenvalue weighted by atomic mass is 16.5. The average molecular weight is 404 g/mol. The summed E-state index contributed by atoms with van der Waals surface area (Å²) < 4.78 is 5.53. The minimum absolute atomic E-state index is 0.00188. The van der Waals surface area contributed by atoms with Crippen molar-refractivity contribution in [2.45, 2.75) is 32.6 Å². The molecule has 160 valence electrons. The Balaban J connectivity index is 1.78. The summed E-state index contributed by atoms with van der Waals surface area (Å²) in [5.74, 6) is 0.790. The van der Waals surface area contributed by atoms with E-state index in [4.69, 9.17) is 4.74 Å². The molecule has 0 aliphatic carbocycles. The minimum Gasteiger partial charge on any atom is -0.494 e.